The largest absolute Gasteiger partial charge is 0.479 e. The van der Waals surface area contributed by atoms with E-state index in [0.717, 1.165) is 5.56 Å². The second-order valence-electron chi connectivity index (χ2n) is 4.55. The summed E-state index contributed by atoms with van der Waals surface area (Å²) in [4.78, 5) is 23.3. The van der Waals surface area contributed by atoms with E-state index in [9.17, 15) is 14.7 Å². The highest BCUT2D eigenvalue weighted by Gasteiger charge is 2.21. The summed E-state index contributed by atoms with van der Waals surface area (Å²) < 4.78 is 0. The maximum atomic E-state index is 12.0. The molecule has 0 fully saturated rings. The summed E-state index contributed by atoms with van der Waals surface area (Å²) in [5.41, 5.74) is 1.31. The lowest BCUT2D eigenvalue weighted by molar-refractivity contribution is -0.141. The highest BCUT2D eigenvalue weighted by atomic mass is 35.5. The Balaban J connectivity index is 2.05. The van der Waals surface area contributed by atoms with E-state index in [-0.39, 0.29) is 12.3 Å². The normalized spacial score (nSPS) is 11.7. The number of rotatable bonds is 5. The molecule has 0 radical (unpaired) electrons. The van der Waals surface area contributed by atoms with Gasteiger partial charge in [0.1, 0.15) is 0 Å². The summed E-state index contributed by atoms with van der Waals surface area (Å²) >= 11 is 5.78. The van der Waals surface area contributed by atoms with E-state index < -0.39 is 12.0 Å². The van der Waals surface area contributed by atoms with Gasteiger partial charge in [-0.05, 0) is 23.3 Å². The first-order chi connectivity index (χ1) is 10.1. The van der Waals surface area contributed by atoms with Gasteiger partial charge in [0.2, 0.25) is 5.91 Å². The molecule has 0 saturated heterocycles. The minimum Gasteiger partial charge on any atom is -0.479 e. The molecule has 0 aromatic heterocycles. The van der Waals surface area contributed by atoms with Gasteiger partial charge in [-0.1, -0.05) is 54.1 Å². The van der Waals surface area contributed by atoms with Crippen molar-refractivity contribution in [2.45, 2.75) is 12.5 Å². The highest BCUT2D eigenvalue weighted by Crippen LogP contribution is 2.14. The minimum atomic E-state index is -1.09. The highest BCUT2D eigenvalue weighted by molar-refractivity contribution is 6.30. The van der Waals surface area contributed by atoms with Crippen LogP contribution in [0, 0.1) is 0 Å². The molecule has 4 nitrogen and oxygen atoms in total. The van der Waals surface area contributed by atoms with E-state index in [4.69, 9.17) is 11.6 Å². The van der Waals surface area contributed by atoms with Crippen LogP contribution in [-0.4, -0.2) is 17.0 Å². The van der Waals surface area contributed by atoms with Gasteiger partial charge in [-0.3, -0.25) is 4.79 Å². The van der Waals surface area contributed by atoms with E-state index in [1.165, 1.54) is 0 Å². The van der Waals surface area contributed by atoms with Gasteiger partial charge >= 0.3 is 5.97 Å². The van der Waals surface area contributed by atoms with Crippen LogP contribution in [0.15, 0.2) is 54.6 Å². The second-order valence-corrected chi connectivity index (χ2v) is 4.99. The molecule has 0 aliphatic heterocycles. The minimum absolute atomic E-state index is 0.105. The molecule has 0 bridgehead atoms. The fraction of sp³-hybridized carbons (Fsp3) is 0.125. The Morgan fingerprint density at radius 3 is 2.24 bits per heavy atom. The Kier molecular flexibility index (Phi) is 4.95. The summed E-state index contributed by atoms with van der Waals surface area (Å²) in [7, 11) is 0. The molecule has 2 aromatic carbocycles. The van der Waals surface area contributed by atoms with Crippen molar-refractivity contribution in [3.63, 3.8) is 0 Å². The monoisotopic (exact) mass is 303 g/mol. The number of hydrogen-bond acceptors (Lipinski definition) is 2. The average Bonchev–Trinajstić information content (AvgIpc) is 2.48. The first-order valence-corrected chi connectivity index (χ1v) is 6.75. The van der Waals surface area contributed by atoms with Crippen LogP contribution in [0.5, 0.6) is 0 Å². The maximum absolute atomic E-state index is 12.0. The van der Waals surface area contributed by atoms with Crippen molar-refractivity contribution in [3.8, 4) is 0 Å². The smallest absolute Gasteiger partial charge is 0.330 e. The number of carbonyl (C=O) groups is 2. The van der Waals surface area contributed by atoms with Crippen LogP contribution in [-0.2, 0) is 16.0 Å². The van der Waals surface area contributed by atoms with Crippen molar-refractivity contribution in [2.24, 2.45) is 0 Å². The predicted molar refractivity (Wildman–Crippen MR) is 80.1 cm³/mol. The van der Waals surface area contributed by atoms with E-state index >= 15 is 0 Å². The summed E-state index contributed by atoms with van der Waals surface area (Å²) in [5, 5.41) is 12.4. The molecule has 2 aromatic rings. The molecule has 1 atom stereocenters. The van der Waals surface area contributed by atoms with Gasteiger partial charge in [0.05, 0.1) is 6.42 Å². The van der Waals surface area contributed by atoms with Crippen LogP contribution < -0.4 is 5.32 Å². The average molecular weight is 304 g/mol. The van der Waals surface area contributed by atoms with E-state index in [1.54, 1.807) is 54.6 Å². The first kappa shape index (κ1) is 15.1. The van der Waals surface area contributed by atoms with Crippen LogP contribution in [0.25, 0.3) is 0 Å². The van der Waals surface area contributed by atoms with Gasteiger partial charge in [0, 0.05) is 5.02 Å². The van der Waals surface area contributed by atoms with Gasteiger partial charge in [0.25, 0.3) is 0 Å². The maximum Gasteiger partial charge on any atom is 0.330 e. The van der Waals surface area contributed by atoms with Crippen LogP contribution in [0.3, 0.4) is 0 Å². The van der Waals surface area contributed by atoms with E-state index in [2.05, 4.69) is 5.32 Å². The van der Waals surface area contributed by atoms with Crippen molar-refractivity contribution in [1.29, 1.82) is 0 Å². The van der Waals surface area contributed by atoms with Crippen LogP contribution >= 0.6 is 11.6 Å². The van der Waals surface area contributed by atoms with Crippen LogP contribution in [0.4, 0.5) is 0 Å². The van der Waals surface area contributed by atoms with Gasteiger partial charge in [-0.25, -0.2) is 4.79 Å². The molecule has 5 heteroatoms. The fourth-order valence-corrected chi connectivity index (χ4v) is 2.06. The Hall–Kier alpha value is -2.33. The molecule has 0 heterocycles. The number of carbonyl (C=O) groups excluding carboxylic acids is 1. The molecule has 0 unspecified atom stereocenters. The molecule has 0 spiro atoms. The summed E-state index contributed by atoms with van der Waals surface area (Å²) in [6, 6.07) is 14.4. The first-order valence-electron chi connectivity index (χ1n) is 6.38. The molecule has 21 heavy (non-hydrogen) atoms. The van der Waals surface area contributed by atoms with Crippen molar-refractivity contribution >= 4 is 23.5 Å². The number of amides is 1. The number of benzene rings is 2. The third-order valence-electron chi connectivity index (χ3n) is 2.96. The molecule has 2 N–H and O–H groups in total. The lowest BCUT2D eigenvalue weighted by Gasteiger charge is -2.15. The molecular formula is C16H14ClNO3. The SMILES string of the molecule is O=C(Cc1ccc(Cl)cc1)N[C@@H](C(=O)O)c1ccccc1. The van der Waals surface area contributed by atoms with E-state index in [0.29, 0.717) is 10.6 Å². The molecule has 0 aliphatic rings. The summed E-state index contributed by atoms with van der Waals surface area (Å²) in [6.45, 7) is 0. The van der Waals surface area contributed by atoms with Gasteiger partial charge in [-0.2, -0.15) is 0 Å². The number of halogens is 1. The van der Waals surface area contributed by atoms with Crippen LogP contribution in [0.1, 0.15) is 17.2 Å². The molecule has 0 saturated carbocycles. The topological polar surface area (TPSA) is 66.4 Å². The predicted octanol–water partition coefficient (Wildman–Crippen LogP) is 2.82. The Bertz CT molecular complexity index is 626. The molecule has 108 valence electrons. The number of carboxylic acid groups (broad SMARTS) is 1. The van der Waals surface area contributed by atoms with Crippen molar-refractivity contribution in [1.82, 2.24) is 5.32 Å². The zero-order chi connectivity index (χ0) is 15.2. The van der Waals surface area contributed by atoms with Crippen molar-refractivity contribution in [2.75, 3.05) is 0 Å². The quantitative estimate of drug-likeness (QED) is 0.892. The van der Waals surface area contributed by atoms with Crippen LogP contribution in [0.2, 0.25) is 5.02 Å². The second kappa shape index (κ2) is 6.90. The number of hydrogen-bond donors (Lipinski definition) is 2. The molecule has 2 rings (SSSR count). The van der Waals surface area contributed by atoms with Crippen molar-refractivity contribution < 1.29 is 14.7 Å². The van der Waals surface area contributed by atoms with Gasteiger partial charge in [-0.15, -0.1) is 0 Å². The number of carboxylic acids is 1. The summed E-state index contributed by atoms with van der Waals surface area (Å²) in [5.74, 6) is -1.45. The standard InChI is InChI=1S/C16H14ClNO3/c17-13-8-6-11(7-9-13)10-14(19)18-15(16(20)21)12-4-2-1-3-5-12/h1-9,15H,10H2,(H,18,19)(H,20,21)/t15-/m1/s1. The number of nitrogens with one attached hydrogen (secondary N) is 1. The number of aliphatic carboxylic acids is 1. The lowest BCUT2D eigenvalue weighted by Crippen LogP contribution is -2.34. The Labute approximate surface area is 127 Å². The zero-order valence-electron chi connectivity index (χ0n) is 11.1. The third-order valence-corrected chi connectivity index (χ3v) is 3.22. The Morgan fingerprint density at radius 2 is 1.67 bits per heavy atom. The fourth-order valence-electron chi connectivity index (χ4n) is 1.93. The third kappa shape index (κ3) is 4.33. The van der Waals surface area contributed by atoms with Gasteiger partial charge in [0.15, 0.2) is 6.04 Å². The lowest BCUT2D eigenvalue weighted by atomic mass is 10.1. The molecule has 1 amide bonds. The Morgan fingerprint density at radius 1 is 1.05 bits per heavy atom. The van der Waals surface area contributed by atoms with Crippen molar-refractivity contribution in [3.05, 3.63) is 70.7 Å². The van der Waals surface area contributed by atoms with Gasteiger partial charge < -0.3 is 10.4 Å². The summed E-state index contributed by atoms with van der Waals surface area (Å²) in [6.07, 6.45) is 0.105. The van der Waals surface area contributed by atoms with E-state index in [1.807, 2.05) is 0 Å². The zero-order valence-corrected chi connectivity index (χ0v) is 11.9. The molecular weight excluding hydrogens is 290 g/mol. The molecule has 0 aliphatic carbocycles.